The average Bonchev–Trinajstić information content (AvgIpc) is 1.80. The molecule has 1 heterocycles. The largest absolute Gasteiger partial charge is 0.231 e. The molecule has 46 valence electrons. The fourth-order valence-electron chi connectivity index (χ4n) is 0.471. The zero-order valence-electron chi connectivity index (χ0n) is 5.26. The second-order valence-corrected chi connectivity index (χ2v) is 1.76. The lowest BCUT2D eigenvalue weighted by molar-refractivity contribution is 0.870. The van der Waals surface area contributed by atoms with Crippen molar-refractivity contribution in [3.8, 4) is 0 Å². The van der Waals surface area contributed by atoms with Crippen LogP contribution in [0.3, 0.4) is 0 Å². The Labute approximate surface area is 52.8 Å². The van der Waals surface area contributed by atoms with E-state index in [1.165, 1.54) is 0 Å². The number of rotatable bonds is 0. The van der Waals surface area contributed by atoms with Crippen molar-refractivity contribution in [3.63, 3.8) is 0 Å². The van der Waals surface area contributed by atoms with E-state index in [4.69, 9.17) is 0 Å². The van der Waals surface area contributed by atoms with Crippen LogP contribution >= 0.6 is 0 Å². The van der Waals surface area contributed by atoms with Crippen LogP contribution in [0.2, 0.25) is 0 Å². The molecule has 1 rings (SSSR count). The molecular weight excluding hydrogens is 114 g/mol. The summed E-state index contributed by atoms with van der Waals surface area (Å²) >= 11 is 0. The lowest BCUT2D eigenvalue weighted by Gasteiger charge is -1.86. The second-order valence-electron chi connectivity index (χ2n) is 1.76. The summed E-state index contributed by atoms with van der Waals surface area (Å²) in [7, 11) is 0. The maximum Gasteiger partial charge on any atom is 0.167 e. The van der Waals surface area contributed by atoms with Crippen LogP contribution in [0.4, 0.5) is 0 Å². The summed E-state index contributed by atoms with van der Waals surface area (Å²) in [6, 6.07) is 0. The highest BCUT2D eigenvalue weighted by atomic mass is 15.1. The Kier molecular flexibility index (Phi) is 1.26. The molecular formula is C6H7N3. The SMILES string of the molecule is C=c1nnc(=C)c(C)n1. The van der Waals surface area contributed by atoms with Crippen LogP contribution in [0.5, 0.6) is 0 Å². The van der Waals surface area contributed by atoms with Crippen LogP contribution in [0, 0.1) is 6.92 Å². The molecule has 1 aromatic heterocycles. The predicted octanol–water partition coefficient (Wildman–Crippen LogP) is -0.999. The molecule has 0 aliphatic heterocycles. The van der Waals surface area contributed by atoms with Crippen molar-refractivity contribution in [2.24, 2.45) is 0 Å². The monoisotopic (exact) mass is 121 g/mol. The van der Waals surface area contributed by atoms with E-state index in [9.17, 15) is 0 Å². The molecule has 0 N–H and O–H groups in total. The van der Waals surface area contributed by atoms with Crippen LogP contribution in [-0.4, -0.2) is 15.2 Å². The van der Waals surface area contributed by atoms with Crippen molar-refractivity contribution in [3.05, 3.63) is 16.5 Å². The van der Waals surface area contributed by atoms with Crippen molar-refractivity contribution < 1.29 is 0 Å². The summed E-state index contributed by atoms with van der Waals surface area (Å²) in [5.41, 5.74) is 1.23. The number of aromatic nitrogens is 3. The van der Waals surface area contributed by atoms with Gasteiger partial charge in [0.25, 0.3) is 0 Å². The Balaban J connectivity index is 3.52. The van der Waals surface area contributed by atoms with E-state index in [2.05, 4.69) is 28.3 Å². The summed E-state index contributed by atoms with van der Waals surface area (Å²) in [5.74, 6) is 0. The molecule has 0 bridgehead atoms. The van der Waals surface area contributed by atoms with Crippen LogP contribution in [-0.2, 0) is 0 Å². The zero-order chi connectivity index (χ0) is 6.85. The highest BCUT2D eigenvalue weighted by Crippen LogP contribution is 1.65. The highest BCUT2D eigenvalue weighted by Gasteiger charge is 1.85. The first-order valence-corrected chi connectivity index (χ1v) is 2.55. The standard InChI is InChI=1S/C6H7N3/c1-4-5(2)8-9-6(3)7-4/h2-3H2,1H3. The molecule has 0 unspecified atom stereocenters. The molecule has 0 aromatic carbocycles. The molecule has 0 aliphatic rings. The Morgan fingerprint density at radius 2 is 1.89 bits per heavy atom. The minimum absolute atomic E-state index is 0.444. The minimum Gasteiger partial charge on any atom is -0.231 e. The second kappa shape index (κ2) is 1.93. The molecule has 0 spiro atoms. The molecule has 0 fully saturated rings. The maximum absolute atomic E-state index is 3.93. The third-order valence-electron chi connectivity index (χ3n) is 1.00. The van der Waals surface area contributed by atoms with E-state index < -0.39 is 0 Å². The maximum atomic E-state index is 3.93. The van der Waals surface area contributed by atoms with Crippen molar-refractivity contribution in [2.45, 2.75) is 6.92 Å². The van der Waals surface area contributed by atoms with E-state index in [1.807, 2.05) is 6.92 Å². The van der Waals surface area contributed by atoms with Gasteiger partial charge in [-0.15, -0.1) is 10.2 Å². The summed E-state index contributed by atoms with van der Waals surface area (Å²) in [5, 5.41) is 7.91. The van der Waals surface area contributed by atoms with Gasteiger partial charge in [0, 0.05) is 0 Å². The Morgan fingerprint density at radius 3 is 2.33 bits per heavy atom. The summed E-state index contributed by atoms with van der Waals surface area (Å²) in [4.78, 5) is 3.93. The smallest absolute Gasteiger partial charge is 0.167 e. The zero-order valence-corrected chi connectivity index (χ0v) is 5.26. The topological polar surface area (TPSA) is 38.7 Å². The van der Waals surface area contributed by atoms with Gasteiger partial charge in [-0.05, 0) is 6.92 Å². The molecule has 9 heavy (non-hydrogen) atoms. The molecule has 0 saturated carbocycles. The molecule has 0 saturated heterocycles. The third-order valence-corrected chi connectivity index (χ3v) is 1.00. The van der Waals surface area contributed by atoms with Crippen LogP contribution in [0.15, 0.2) is 0 Å². The van der Waals surface area contributed by atoms with Crippen molar-refractivity contribution in [1.82, 2.24) is 15.2 Å². The molecule has 0 amide bonds. The normalized spacial score (nSPS) is 9.44. The first-order valence-electron chi connectivity index (χ1n) is 2.55. The van der Waals surface area contributed by atoms with Crippen molar-refractivity contribution >= 4 is 13.2 Å². The van der Waals surface area contributed by atoms with Gasteiger partial charge in [0.1, 0.15) is 0 Å². The Hall–Kier alpha value is -1.25. The van der Waals surface area contributed by atoms with Crippen LogP contribution < -0.4 is 10.8 Å². The molecule has 0 radical (unpaired) electrons. The third kappa shape index (κ3) is 1.10. The van der Waals surface area contributed by atoms with Crippen molar-refractivity contribution in [2.75, 3.05) is 0 Å². The summed E-state index contributed by atoms with van der Waals surface area (Å²) < 4.78 is 0. The van der Waals surface area contributed by atoms with Crippen LogP contribution in [0.1, 0.15) is 5.69 Å². The first-order chi connectivity index (χ1) is 4.20. The van der Waals surface area contributed by atoms with E-state index in [0.717, 1.165) is 5.69 Å². The van der Waals surface area contributed by atoms with Gasteiger partial charge in [0.2, 0.25) is 0 Å². The van der Waals surface area contributed by atoms with E-state index in [1.54, 1.807) is 0 Å². The fraction of sp³-hybridized carbons (Fsp3) is 0.167. The highest BCUT2D eigenvalue weighted by molar-refractivity contribution is 5.02. The van der Waals surface area contributed by atoms with Gasteiger partial charge in [-0.25, -0.2) is 4.98 Å². The lowest BCUT2D eigenvalue weighted by atomic mass is 10.5. The minimum atomic E-state index is 0.444. The average molecular weight is 121 g/mol. The van der Waals surface area contributed by atoms with E-state index in [0.29, 0.717) is 10.8 Å². The molecule has 0 aliphatic carbocycles. The number of hydrogen-bond donors (Lipinski definition) is 0. The summed E-state index contributed by atoms with van der Waals surface area (Å²) in [6.07, 6.45) is 0. The summed E-state index contributed by atoms with van der Waals surface area (Å²) in [6.45, 7) is 8.93. The molecule has 0 atom stereocenters. The molecule has 3 nitrogen and oxygen atoms in total. The van der Waals surface area contributed by atoms with Gasteiger partial charge in [0.05, 0.1) is 11.0 Å². The first kappa shape index (κ1) is 5.88. The fourth-order valence-corrected chi connectivity index (χ4v) is 0.471. The lowest BCUT2D eigenvalue weighted by Crippen LogP contribution is -2.23. The van der Waals surface area contributed by atoms with E-state index >= 15 is 0 Å². The number of aryl methyl sites for hydroxylation is 1. The van der Waals surface area contributed by atoms with Crippen molar-refractivity contribution in [1.29, 1.82) is 0 Å². The number of hydrogen-bond acceptors (Lipinski definition) is 3. The van der Waals surface area contributed by atoms with Gasteiger partial charge in [-0.2, -0.15) is 0 Å². The molecule has 3 heteroatoms. The van der Waals surface area contributed by atoms with Crippen LogP contribution in [0.25, 0.3) is 13.2 Å². The van der Waals surface area contributed by atoms with Gasteiger partial charge >= 0.3 is 0 Å². The van der Waals surface area contributed by atoms with Gasteiger partial charge in [-0.3, -0.25) is 0 Å². The predicted molar refractivity (Wildman–Crippen MR) is 34.9 cm³/mol. The van der Waals surface area contributed by atoms with Gasteiger partial charge in [-0.1, -0.05) is 13.2 Å². The quantitative estimate of drug-likeness (QED) is 0.442. The number of nitrogens with zero attached hydrogens (tertiary/aromatic N) is 3. The van der Waals surface area contributed by atoms with Gasteiger partial charge in [0.15, 0.2) is 5.48 Å². The molecule has 1 aromatic rings. The van der Waals surface area contributed by atoms with Gasteiger partial charge < -0.3 is 0 Å². The Bertz CT molecular complexity index is 305. The van der Waals surface area contributed by atoms with E-state index in [-0.39, 0.29) is 0 Å². The Morgan fingerprint density at radius 1 is 1.22 bits per heavy atom.